The average Bonchev–Trinajstić information content (AvgIpc) is 3.00. The van der Waals surface area contributed by atoms with Crippen LogP contribution in [0, 0.1) is 0 Å². The predicted molar refractivity (Wildman–Crippen MR) is 74.7 cm³/mol. The fourth-order valence-electron chi connectivity index (χ4n) is 2.11. The van der Waals surface area contributed by atoms with Crippen LogP contribution in [0.1, 0.15) is 33.6 Å². The van der Waals surface area contributed by atoms with Crippen molar-refractivity contribution in [3.05, 3.63) is 53.9 Å². The monoisotopic (exact) mass is 283 g/mol. The van der Waals surface area contributed by atoms with Gasteiger partial charge in [-0.15, -0.1) is 0 Å². The molecule has 0 radical (unpaired) electrons. The van der Waals surface area contributed by atoms with E-state index in [0.29, 0.717) is 22.6 Å². The summed E-state index contributed by atoms with van der Waals surface area (Å²) in [5.74, 6) is 1.03. The summed E-state index contributed by atoms with van der Waals surface area (Å²) < 4.78 is 10.4. The lowest BCUT2D eigenvalue weighted by Gasteiger charge is -2.03. The van der Waals surface area contributed by atoms with Gasteiger partial charge in [0.2, 0.25) is 6.79 Å². The van der Waals surface area contributed by atoms with Crippen molar-refractivity contribution < 1.29 is 19.1 Å². The van der Waals surface area contributed by atoms with Crippen molar-refractivity contribution in [2.45, 2.75) is 12.8 Å². The molecule has 0 bridgehead atoms. The van der Waals surface area contributed by atoms with E-state index in [4.69, 9.17) is 9.47 Å². The molecule has 3 rings (SSSR count). The van der Waals surface area contributed by atoms with Crippen LogP contribution >= 0.6 is 0 Å². The standard InChI is InChI=1S/C16H13NO4/c18-13(4-5-14(19)12-2-1-7-17-9-12)11-3-6-15-16(8-11)21-10-20-15/h1-3,6-9H,4-5,10H2. The fourth-order valence-corrected chi connectivity index (χ4v) is 2.11. The SMILES string of the molecule is O=C(CCC(=O)c1ccc2c(c1)OCO2)c1cccnc1. The molecule has 5 heteroatoms. The highest BCUT2D eigenvalue weighted by Crippen LogP contribution is 2.32. The van der Waals surface area contributed by atoms with E-state index in [1.807, 2.05) is 0 Å². The van der Waals surface area contributed by atoms with Crippen LogP contribution in [0.15, 0.2) is 42.7 Å². The zero-order chi connectivity index (χ0) is 14.7. The van der Waals surface area contributed by atoms with Gasteiger partial charge in [0, 0.05) is 36.4 Å². The number of hydrogen-bond donors (Lipinski definition) is 0. The van der Waals surface area contributed by atoms with Crippen molar-refractivity contribution in [2.75, 3.05) is 6.79 Å². The quantitative estimate of drug-likeness (QED) is 0.789. The number of benzene rings is 1. The van der Waals surface area contributed by atoms with Crippen LogP contribution in [0.4, 0.5) is 0 Å². The minimum Gasteiger partial charge on any atom is -0.454 e. The minimum atomic E-state index is -0.0921. The third-order valence-corrected chi connectivity index (χ3v) is 3.26. The number of carbonyl (C=O) groups excluding carboxylic acids is 2. The van der Waals surface area contributed by atoms with Gasteiger partial charge in [-0.25, -0.2) is 0 Å². The molecule has 1 aliphatic heterocycles. The molecule has 0 fully saturated rings. The van der Waals surface area contributed by atoms with Crippen LogP contribution in [0.5, 0.6) is 11.5 Å². The van der Waals surface area contributed by atoms with Crippen molar-refractivity contribution in [1.29, 1.82) is 0 Å². The molecular weight excluding hydrogens is 270 g/mol. The van der Waals surface area contributed by atoms with Crippen molar-refractivity contribution in [2.24, 2.45) is 0 Å². The summed E-state index contributed by atoms with van der Waals surface area (Å²) in [4.78, 5) is 27.9. The van der Waals surface area contributed by atoms with Crippen molar-refractivity contribution >= 4 is 11.6 Å². The lowest BCUT2D eigenvalue weighted by Crippen LogP contribution is -2.05. The molecule has 0 unspecified atom stereocenters. The first-order valence-electron chi connectivity index (χ1n) is 6.60. The number of carbonyl (C=O) groups is 2. The smallest absolute Gasteiger partial charge is 0.231 e. The number of hydrogen-bond acceptors (Lipinski definition) is 5. The number of ketones is 2. The molecule has 0 amide bonds. The van der Waals surface area contributed by atoms with Crippen LogP contribution in [0.2, 0.25) is 0 Å². The van der Waals surface area contributed by atoms with Gasteiger partial charge in [0.25, 0.3) is 0 Å². The Balaban J connectivity index is 1.63. The molecule has 0 aliphatic carbocycles. The highest BCUT2D eigenvalue weighted by Gasteiger charge is 2.17. The normalized spacial score (nSPS) is 12.2. The Bertz CT molecular complexity index is 682. The van der Waals surface area contributed by atoms with E-state index in [-0.39, 0.29) is 31.2 Å². The second-order valence-corrected chi connectivity index (χ2v) is 4.66. The number of ether oxygens (including phenoxy) is 2. The van der Waals surface area contributed by atoms with E-state index in [1.54, 1.807) is 36.5 Å². The van der Waals surface area contributed by atoms with E-state index in [9.17, 15) is 9.59 Å². The number of Topliss-reactive ketones (excluding diaryl/α,β-unsaturated/α-hetero) is 2. The molecule has 5 nitrogen and oxygen atoms in total. The summed E-state index contributed by atoms with van der Waals surface area (Å²) in [6, 6.07) is 8.44. The lowest BCUT2D eigenvalue weighted by atomic mass is 10.0. The summed E-state index contributed by atoms with van der Waals surface area (Å²) in [6.07, 6.45) is 3.44. The van der Waals surface area contributed by atoms with Gasteiger partial charge in [-0.2, -0.15) is 0 Å². The largest absolute Gasteiger partial charge is 0.454 e. The third kappa shape index (κ3) is 2.91. The summed E-state index contributed by atoms with van der Waals surface area (Å²) in [5.41, 5.74) is 1.05. The lowest BCUT2D eigenvalue weighted by molar-refractivity contribution is 0.0917. The predicted octanol–water partition coefficient (Wildman–Crippen LogP) is 2.66. The summed E-state index contributed by atoms with van der Waals surface area (Å²) in [6.45, 7) is 0.173. The van der Waals surface area contributed by atoms with Gasteiger partial charge in [-0.05, 0) is 30.3 Å². The maximum Gasteiger partial charge on any atom is 0.231 e. The van der Waals surface area contributed by atoms with Crippen molar-refractivity contribution in [1.82, 2.24) is 4.98 Å². The molecule has 0 N–H and O–H groups in total. The highest BCUT2D eigenvalue weighted by atomic mass is 16.7. The molecule has 1 aromatic carbocycles. The Labute approximate surface area is 121 Å². The molecule has 1 aliphatic rings. The van der Waals surface area contributed by atoms with Gasteiger partial charge in [-0.1, -0.05) is 0 Å². The van der Waals surface area contributed by atoms with E-state index in [2.05, 4.69) is 4.98 Å². The molecule has 0 saturated heterocycles. The molecule has 106 valence electrons. The maximum absolute atomic E-state index is 12.1. The van der Waals surface area contributed by atoms with Crippen LogP contribution in [0.3, 0.4) is 0 Å². The molecule has 2 heterocycles. The zero-order valence-corrected chi connectivity index (χ0v) is 11.2. The van der Waals surface area contributed by atoms with Crippen LogP contribution < -0.4 is 9.47 Å². The van der Waals surface area contributed by atoms with E-state index in [0.717, 1.165) is 0 Å². The molecule has 0 atom stereocenters. The van der Waals surface area contributed by atoms with Gasteiger partial charge in [-0.3, -0.25) is 14.6 Å². The molecule has 1 aromatic heterocycles. The molecular formula is C16H13NO4. The number of rotatable bonds is 5. The summed E-state index contributed by atoms with van der Waals surface area (Å²) in [5, 5.41) is 0. The maximum atomic E-state index is 12.1. The molecule has 2 aromatic rings. The Kier molecular flexibility index (Phi) is 3.64. The van der Waals surface area contributed by atoms with Crippen molar-refractivity contribution in [3.63, 3.8) is 0 Å². The van der Waals surface area contributed by atoms with Gasteiger partial charge in [0.05, 0.1) is 0 Å². The summed E-state index contributed by atoms with van der Waals surface area (Å²) >= 11 is 0. The number of nitrogens with zero attached hydrogens (tertiary/aromatic N) is 1. The van der Waals surface area contributed by atoms with Gasteiger partial charge >= 0.3 is 0 Å². The van der Waals surface area contributed by atoms with Crippen molar-refractivity contribution in [3.8, 4) is 11.5 Å². The van der Waals surface area contributed by atoms with Crippen LogP contribution in [0.25, 0.3) is 0 Å². The molecule has 21 heavy (non-hydrogen) atoms. The third-order valence-electron chi connectivity index (χ3n) is 3.26. The average molecular weight is 283 g/mol. The second-order valence-electron chi connectivity index (χ2n) is 4.66. The van der Waals surface area contributed by atoms with E-state index >= 15 is 0 Å². The number of aromatic nitrogens is 1. The van der Waals surface area contributed by atoms with Crippen LogP contribution in [-0.4, -0.2) is 23.3 Å². The van der Waals surface area contributed by atoms with Gasteiger partial charge in [0.15, 0.2) is 23.1 Å². The fraction of sp³-hybridized carbons (Fsp3) is 0.188. The van der Waals surface area contributed by atoms with Crippen LogP contribution in [-0.2, 0) is 0 Å². The number of pyridine rings is 1. The number of fused-ring (bicyclic) bond motifs is 1. The first-order valence-corrected chi connectivity index (χ1v) is 6.60. The molecule has 0 spiro atoms. The second kappa shape index (κ2) is 5.75. The first-order chi connectivity index (χ1) is 10.2. The van der Waals surface area contributed by atoms with Gasteiger partial charge in [0.1, 0.15) is 0 Å². The van der Waals surface area contributed by atoms with Gasteiger partial charge < -0.3 is 9.47 Å². The topological polar surface area (TPSA) is 65.5 Å². The first kappa shape index (κ1) is 13.3. The Morgan fingerprint density at radius 1 is 1.00 bits per heavy atom. The summed E-state index contributed by atoms with van der Waals surface area (Å²) in [7, 11) is 0. The molecule has 0 saturated carbocycles. The highest BCUT2D eigenvalue weighted by molar-refractivity contribution is 6.02. The Hall–Kier alpha value is -2.69. The van der Waals surface area contributed by atoms with E-state index in [1.165, 1.54) is 6.20 Å². The minimum absolute atomic E-state index is 0.0859. The van der Waals surface area contributed by atoms with E-state index < -0.39 is 0 Å². The zero-order valence-electron chi connectivity index (χ0n) is 11.2. The Morgan fingerprint density at radius 3 is 2.52 bits per heavy atom. The Morgan fingerprint density at radius 2 is 1.76 bits per heavy atom.